The summed E-state index contributed by atoms with van der Waals surface area (Å²) < 4.78 is 31.3. The summed E-state index contributed by atoms with van der Waals surface area (Å²) in [5.74, 6) is -0.597. The summed E-state index contributed by atoms with van der Waals surface area (Å²) in [6.45, 7) is 0.407. The number of ether oxygens (including phenoxy) is 2. The van der Waals surface area contributed by atoms with Crippen LogP contribution in [0.3, 0.4) is 0 Å². The van der Waals surface area contributed by atoms with E-state index in [2.05, 4.69) is 0 Å². The second-order valence-electron chi connectivity index (χ2n) is 2.72. The number of esters is 1. The summed E-state index contributed by atoms with van der Waals surface area (Å²) in [7, 11) is 2.81. The Morgan fingerprint density at radius 3 is 2.69 bits per heavy atom. The monoisotopic (exact) mass is 284 g/mol. The first-order valence-electron chi connectivity index (χ1n) is 4.14. The minimum atomic E-state index is -3.78. The van der Waals surface area contributed by atoms with Crippen LogP contribution in [0.25, 0.3) is 0 Å². The van der Waals surface area contributed by atoms with Gasteiger partial charge in [-0.15, -0.1) is 11.3 Å². The zero-order valence-corrected chi connectivity index (χ0v) is 10.7. The highest BCUT2D eigenvalue weighted by Crippen LogP contribution is 2.23. The minimum Gasteiger partial charge on any atom is -0.460 e. The molecule has 90 valence electrons. The van der Waals surface area contributed by atoms with E-state index in [0.717, 1.165) is 11.3 Å². The molecule has 0 N–H and O–H groups in total. The molecular weight excluding hydrogens is 276 g/mol. The van der Waals surface area contributed by atoms with Gasteiger partial charge in [0.2, 0.25) is 0 Å². The van der Waals surface area contributed by atoms with E-state index in [9.17, 15) is 13.2 Å². The maximum atomic E-state index is 11.4. The number of methoxy groups -OCH3 is 1. The van der Waals surface area contributed by atoms with E-state index >= 15 is 0 Å². The minimum absolute atomic E-state index is 0.0761. The molecule has 1 rings (SSSR count). The predicted molar refractivity (Wildman–Crippen MR) is 59.5 cm³/mol. The SMILES string of the molecule is COCCOC(=O)c1csc(S(=O)(=O)Cl)c1. The molecule has 0 fully saturated rings. The van der Waals surface area contributed by atoms with Gasteiger partial charge in [-0.2, -0.15) is 0 Å². The molecule has 0 bridgehead atoms. The number of hydrogen-bond donors (Lipinski definition) is 0. The molecule has 5 nitrogen and oxygen atoms in total. The van der Waals surface area contributed by atoms with Crippen molar-refractivity contribution in [3.63, 3.8) is 0 Å². The lowest BCUT2D eigenvalue weighted by molar-refractivity contribution is 0.0388. The van der Waals surface area contributed by atoms with Gasteiger partial charge < -0.3 is 9.47 Å². The molecule has 0 aliphatic rings. The van der Waals surface area contributed by atoms with E-state index in [1.807, 2.05) is 0 Å². The molecule has 0 aliphatic heterocycles. The number of carbonyl (C=O) groups excluding carboxylic acids is 1. The molecule has 0 unspecified atom stereocenters. The molecule has 0 aromatic carbocycles. The van der Waals surface area contributed by atoms with E-state index in [0.29, 0.717) is 0 Å². The first-order chi connectivity index (χ1) is 7.45. The van der Waals surface area contributed by atoms with Crippen molar-refractivity contribution in [1.29, 1.82) is 0 Å². The zero-order chi connectivity index (χ0) is 12.2. The predicted octanol–water partition coefficient (Wildman–Crippen LogP) is 1.48. The van der Waals surface area contributed by atoms with Gasteiger partial charge in [-0.05, 0) is 6.07 Å². The third kappa shape index (κ3) is 3.75. The van der Waals surface area contributed by atoms with Crippen molar-refractivity contribution in [3.8, 4) is 0 Å². The van der Waals surface area contributed by atoms with Crippen molar-refractivity contribution in [1.82, 2.24) is 0 Å². The molecule has 0 saturated heterocycles. The molecule has 0 radical (unpaired) electrons. The van der Waals surface area contributed by atoms with E-state index in [-0.39, 0.29) is 23.0 Å². The summed E-state index contributed by atoms with van der Waals surface area (Å²) >= 11 is 0.872. The largest absolute Gasteiger partial charge is 0.460 e. The molecule has 0 saturated carbocycles. The van der Waals surface area contributed by atoms with Crippen LogP contribution in [0, 0.1) is 0 Å². The molecule has 1 aromatic heterocycles. The maximum absolute atomic E-state index is 11.4. The summed E-state index contributed by atoms with van der Waals surface area (Å²) in [4.78, 5) is 11.4. The molecule has 0 atom stereocenters. The smallest absolute Gasteiger partial charge is 0.339 e. The third-order valence-electron chi connectivity index (χ3n) is 1.57. The fraction of sp³-hybridized carbons (Fsp3) is 0.375. The Balaban J connectivity index is 2.68. The Labute approximate surface area is 101 Å². The molecule has 1 heterocycles. The summed E-state index contributed by atoms with van der Waals surface area (Å²) in [5, 5.41) is 1.38. The van der Waals surface area contributed by atoms with Crippen molar-refractivity contribution in [2.75, 3.05) is 20.3 Å². The standard InChI is InChI=1S/C8H9ClO5S2/c1-13-2-3-14-8(10)6-4-7(15-5-6)16(9,11)12/h4-5H,2-3H2,1H3. The van der Waals surface area contributed by atoms with Crippen LogP contribution in [-0.4, -0.2) is 34.7 Å². The Morgan fingerprint density at radius 1 is 1.50 bits per heavy atom. The molecule has 0 spiro atoms. The quantitative estimate of drug-likeness (QED) is 0.465. The highest BCUT2D eigenvalue weighted by molar-refractivity contribution is 8.15. The lowest BCUT2D eigenvalue weighted by atomic mass is 10.3. The summed E-state index contributed by atoms with van der Waals surface area (Å²) in [6, 6.07) is 1.18. The van der Waals surface area contributed by atoms with Crippen LogP contribution < -0.4 is 0 Å². The highest BCUT2D eigenvalue weighted by atomic mass is 35.7. The lowest BCUT2D eigenvalue weighted by Crippen LogP contribution is -2.09. The van der Waals surface area contributed by atoms with Gasteiger partial charge in [0, 0.05) is 23.2 Å². The van der Waals surface area contributed by atoms with Crippen molar-refractivity contribution in [2.24, 2.45) is 0 Å². The van der Waals surface area contributed by atoms with Gasteiger partial charge in [-0.25, -0.2) is 13.2 Å². The van der Waals surface area contributed by atoms with Crippen LogP contribution >= 0.6 is 22.0 Å². The fourth-order valence-electron chi connectivity index (χ4n) is 0.852. The van der Waals surface area contributed by atoms with Crippen LogP contribution in [0.2, 0.25) is 0 Å². The van der Waals surface area contributed by atoms with E-state index in [1.54, 1.807) is 0 Å². The van der Waals surface area contributed by atoms with Crippen molar-refractivity contribution < 1.29 is 22.7 Å². The van der Waals surface area contributed by atoms with Crippen molar-refractivity contribution in [3.05, 3.63) is 17.0 Å². The van der Waals surface area contributed by atoms with Gasteiger partial charge in [-0.3, -0.25) is 0 Å². The number of thiophene rings is 1. The first kappa shape index (κ1) is 13.4. The number of hydrogen-bond acceptors (Lipinski definition) is 6. The Bertz CT molecular complexity index is 465. The van der Waals surface area contributed by atoms with Gasteiger partial charge in [-0.1, -0.05) is 0 Å². The van der Waals surface area contributed by atoms with Crippen LogP contribution in [0.1, 0.15) is 10.4 Å². The van der Waals surface area contributed by atoms with Crippen LogP contribution in [0.4, 0.5) is 0 Å². The van der Waals surface area contributed by atoms with Crippen LogP contribution in [0.15, 0.2) is 15.7 Å². The van der Waals surface area contributed by atoms with Crippen molar-refractivity contribution >= 4 is 37.0 Å². The average molecular weight is 285 g/mol. The Kier molecular flexibility index (Phi) is 4.72. The average Bonchev–Trinajstić information content (AvgIpc) is 2.66. The fourth-order valence-corrected chi connectivity index (χ4v) is 2.79. The molecule has 8 heteroatoms. The van der Waals surface area contributed by atoms with E-state index in [1.165, 1.54) is 18.6 Å². The third-order valence-corrected chi connectivity index (χ3v) is 4.61. The van der Waals surface area contributed by atoms with Gasteiger partial charge in [0.25, 0.3) is 9.05 Å². The number of halogens is 1. The number of carbonyl (C=O) groups is 1. The Hall–Kier alpha value is -0.630. The zero-order valence-electron chi connectivity index (χ0n) is 8.30. The van der Waals surface area contributed by atoms with Crippen LogP contribution in [-0.2, 0) is 18.5 Å². The highest BCUT2D eigenvalue weighted by Gasteiger charge is 2.17. The molecule has 1 aromatic rings. The second-order valence-corrected chi connectivity index (χ2v) is 6.42. The number of rotatable bonds is 5. The summed E-state index contributed by atoms with van der Waals surface area (Å²) in [5.41, 5.74) is 0.167. The molecule has 0 amide bonds. The molecule has 16 heavy (non-hydrogen) atoms. The van der Waals surface area contributed by atoms with Gasteiger partial charge >= 0.3 is 5.97 Å². The maximum Gasteiger partial charge on any atom is 0.339 e. The van der Waals surface area contributed by atoms with Crippen molar-refractivity contribution in [2.45, 2.75) is 4.21 Å². The van der Waals surface area contributed by atoms with E-state index in [4.69, 9.17) is 20.2 Å². The van der Waals surface area contributed by atoms with Gasteiger partial charge in [0.05, 0.1) is 12.2 Å². The Morgan fingerprint density at radius 2 is 2.19 bits per heavy atom. The lowest BCUT2D eigenvalue weighted by Gasteiger charge is -2.01. The van der Waals surface area contributed by atoms with E-state index < -0.39 is 15.0 Å². The molecule has 0 aliphatic carbocycles. The van der Waals surface area contributed by atoms with Gasteiger partial charge in [0.1, 0.15) is 10.8 Å². The first-order valence-corrected chi connectivity index (χ1v) is 7.33. The second kappa shape index (κ2) is 5.62. The van der Waals surface area contributed by atoms with Gasteiger partial charge in [0.15, 0.2) is 0 Å². The molecular formula is C8H9ClO5S2. The topological polar surface area (TPSA) is 69.7 Å². The van der Waals surface area contributed by atoms with Crippen LogP contribution in [0.5, 0.6) is 0 Å². The normalized spacial score (nSPS) is 11.4. The summed E-state index contributed by atoms with van der Waals surface area (Å²) in [6.07, 6.45) is 0.